The van der Waals surface area contributed by atoms with Gasteiger partial charge in [-0.05, 0) is 32.4 Å². The van der Waals surface area contributed by atoms with Gasteiger partial charge in [0.1, 0.15) is 0 Å². The zero-order valence-electron chi connectivity index (χ0n) is 9.88. The normalized spacial score (nSPS) is 28.5. The molecule has 0 aromatic heterocycles. The molecule has 88 valence electrons. The Balaban J connectivity index is 2.35. The average molecular weight is 230 g/mol. The van der Waals surface area contributed by atoms with Gasteiger partial charge in [-0.3, -0.25) is 4.79 Å². The molecule has 2 N–H and O–H groups in total. The van der Waals surface area contributed by atoms with E-state index in [-0.39, 0.29) is 11.9 Å². The van der Waals surface area contributed by atoms with Gasteiger partial charge >= 0.3 is 0 Å². The van der Waals surface area contributed by atoms with Crippen molar-refractivity contribution in [2.24, 2.45) is 0 Å². The van der Waals surface area contributed by atoms with Crippen molar-refractivity contribution in [1.82, 2.24) is 10.6 Å². The first kappa shape index (κ1) is 12.8. The summed E-state index contributed by atoms with van der Waals surface area (Å²) in [6.07, 6.45) is 2.45. The fraction of sp³-hybridized carbons (Fsp3) is 0.909. The molecule has 3 nitrogen and oxygen atoms in total. The fourth-order valence-corrected chi connectivity index (χ4v) is 3.02. The van der Waals surface area contributed by atoms with Crippen molar-refractivity contribution in [2.45, 2.75) is 50.9 Å². The van der Waals surface area contributed by atoms with Gasteiger partial charge in [0, 0.05) is 17.8 Å². The molecule has 1 aliphatic heterocycles. The highest BCUT2D eigenvalue weighted by Gasteiger charge is 2.24. The number of rotatable bonds is 4. The summed E-state index contributed by atoms with van der Waals surface area (Å²) >= 11 is 2.00. The van der Waals surface area contributed by atoms with Crippen molar-refractivity contribution in [3.05, 3.63) is 0 Å². The first-order chi connectivity index (χ1) is 7.15. The third-order valence-electron chi connectivity index (χ3n) is 2.82. The molecule has 15 heavy (non-hydrogen) atoms. The molecule has 0 aliphatic carbocycles. The molecule has 1 rings (SSSR count). The summed E-state index contributed by atoms with van der Waals surface area (Å²) in [5.41, 5.74) is 0. The van der Waals surface area contributed by atoms with E-state index in [0.29, 0.717) is 17.8 Å². The molecule has 0 aromatic carbocycles. The van der Waals surface area contributed by atoms with Crippen molar-refractivity contribution >= 4 is 17.7 Å². The van der Waals surface area contributed by atoms with E-state index in [1.54, 1.807) is 0 Å². The minimum atomic E-state index is -0.0731. The smallest absolute Gasteiger partial charge is 0.236 e. The third kappa shape index (κ3) is 4.03. The lowest BCUT2D eigenvalue weighted by atomic mass is 10.1. The standard InChI is InChI=1S/C11H22N2OS/c1-4-12-11(14)8(2)13-10-6-5-7-15-9(10)3/h8-10,13H,4-7H2,1-3H3,(H,12,14). The van der Waals surface area contributed by atoms with Crippen LogP contribution in [0.25, 0.3) is 0 Å². The summed E-state index contributed by atoms with van der Waals surface area (Å²) < 4.78 is 0. The van der Waals surface area contributed by atoms with Crippen LogP contribution in [-0.2, 0) is 4.79 Å². The summed E-state index contributed by atoms with van der Waals surface area (Å²) in [5.74, 6) is 1.37. The molecule has 1 saturated heterocycles. The summed E-state index contributed by atoms with van der Waals surface area (Å²) in [4.78, 5) is 11.5. The molecule has 1 heterocycles. The molecule has 1 amide bonds. The summed E-state index contributed by atoms with van der Waals surface area (Å²) in [7, 11) is 0. The minimum absolute atomic E-state index is 0.0731. The molecule has 0 saturated carbocycles. The number of amides is 1. The fourth-order valence-electron chi connectivity index (χ4n) is 1.87. The van der Waals surface area contributed by atoms with Crippen LogP contribution in [0.15, 0.2) is 0 Å². The third-order valence-corrected chi connectivity index (χ3v) is 4.19. The van der Waals surface area contributed by atoms with E-state index in [1.807, 2.05) is 25.6 Å². The van der Waals surface area contributed by atoms with Crippen LogP contribution in [0.3, 0.4) is 0 Å². The number of carbonyl (C=O) groups is 1. The SMILES string of the molecule is CCNC(=O)C(C)NC1CCCSC1C. The molecule has 1 aliphatic rings. The van der Waals surface area contributed by atoms with Gasteiger partial charge in [-0.25, -0.2) is 0 Å². The number of hydrogen-bond acceptors (Lipinski definition) is 3. The topological polar surface area (TPSA) is 41.1 Å². The number of nitrogens with one attached hydrogen (secondary N) is 2. The average Bonchev–Trinajstić information content (AvgIpc) is 2.21. The summed E-state index contributed by atoms with van der Waals surface area (Å²) in [6.45, 7) is 6.84. The lowest BCUT2D eigenvalue weighted by Crippen LogP contribution is -2.50. The maximum absolute atomic E-state index is 11.5. The van der Waals surface area contributed by atoms with E-state index in [9.17, 15) is 4.79 Å². The number of carbonyl (C=O) groups excluding carboxylic acids is 1. The van der Waals surface area contributed by atoms with Gasteiger partial charge in [-0.1, -0.05) is 6.92 Å². The maximum Gasteiger partial charge on any atom is 0.236 e. The predicted octanol–water partition coefficient (Wildman–Crippen LogP) is 1.38. The molecule has 0 bridgehead atoms. The molecule has 4 heteroatoms. The van der Waals surface area contributed by atoms with Crippen LogP contribution in [0, 0.1) is 0 Å². The lowest BCUT2D eigenvalue weighted by Gasteiger charge is -2.31. The lowest BCUT2D eigenvalue weighted by molar-refractivity contribution is -0.122. The van der Waals surface area contributed by atoms with Gasteiger partial charge in [-0.15, -0.1) is 0 Å². The van der Waals surface area contributed by atoms with Crippen LogP contribution < -0.4 is 10.6 Å². The van der Waals surface area contributed by atoms with Crippen LogP contribution in [0.2, 0.25) is 0 Å². The largest absolute Gasteiger partial charge is 0.355 e. The van der Waals surface area contributed by atoms with Gasteiger partial charge in [0.15, 0.2) is 0 Å². The Hall–Kier alpha value is -0.220. The van der Waals surface area contributed by atoms with E-state index in [1.165, 1.54) is 18.6 Å². The molecular weight excluding hydrogens is 208 g/mol. The Morgan fingerprint density at radius 3 is 2.93 bits per heavy atom. The zero-order chi connectivity index (χ0) is 11.3. The van der Waals surface area contributed by atoms with E-state index >= 15 is 0 Å². The molecule has 0 radical (unpaired) electrons. The van der Waals surface area contributed by atoms with Gasteiger partial charge in [0.2, 0.25) is 5.91 Å². The molecule has 3 unspecified atom stereocenters. The van der Waals surface area contributed by atoms with Gasteiger partial charge in [-0.2, -0.15) is 11.8 Å². The predicted molar refractivity (Wildman–Crippen MR) is 66.2 cm³/mol. The van der Waals surface area contributed by atoms with E-state index in [0.717, 1.165) is 0 Å². The minimum Gasteiger partial charge on any atom is -0.355 e. The van der Waals surface area contributed by atoms with E-state index in [4.69, 9.17) is 0 Å². The second-order valence-corrected chi connectivity index (χ2v) is 5.59. The molecule has 3 atom stereocenters. The second-order valence-electron chi connectivity index (χ2n) is 4.11. The van der Waals surface area contributed by atoms with Crippen molar-refractivity contribution in [3.63, 3.8) is 0 Å². The van der Waals surface area contributed by atoms with Crippen molar-refractivity contribution in [2.75, 3.05) is 12.3 Å². The van der Waals surface area contributed by atoms with Gasteiger partial charge in [0.25, 0.3) is 0 Å². The highest BCUT2D eigenvalue weighted by molar-refractivity contribution is 7.99. The van der Waals surface area contributed by atoms with Crippen LogP contribution in [0.4, 0.5) is 0 Å². The number of thioether (sulfide) groups is 1. The first-order valence-corrected chi connectivity index (χ1v) is 6.85. The monoisotopic (exact) mass is 230 g/mol. The first-order valence-electron chi connectivity index (χ1n) is 5.80. The Bertz CT molecular complexity index is 211. The molecule has 0 spiro atoms. The van der Waals surface area contributed by atoms with E-state index in [2.05, 4.69) is 17.6 Å². The maximum atomic E-state index is 11.5. The van der Waals surface area contributed by atoms with Crippen LogP contribution in [-0.4, -0.2) is 35.5 Å². The van der Waals surface area contributed by atoms with Crippen molar-refractivity contribution in [1.29, 1.82) is 0 Å². The highest BCUT2D eigenvalue weighted by atomic mass is 32.2. The summed E-state index contributed by atoms with van der Waals surface area (Å²) in [5, 5.41) is 6.88. The van der Waals surface area contributed by atoms with Crippen LogP contribution in [0.1, 0.15) is 33.6 Å². The highest BCUT2D eigenvalue weighted by Crippen LogP contribution is 2.25. The Kier molecular flexibility index (Phi) is 5.47. The van der Waals surface area contributed by atoms with E-state index < -0.39 is 0 Å². The van der Waals surface area contributed by atoms with Crippen molar-refractivity contribution < 1.29 is 4.79 Å². The summed E-state index contributed by atoms with van der Waals surface area (Å²) in [6, 6.07) is 0.414. The van der Waals surface area contributed by atoms with Gasteiger partial charge in [0.05, 0.1) is 6.04 Å². The molecule has 1 fully saturated rings. The Labute approximate surface area is 96.8 Å². The van der Waals surface area contributed by atoms with Crippen LogP contribution >= 0.6 is 11.8 Å². The number of hydrogen-bond donors (Lipinski definition) is 2. The quantitative estimate of drug-likeness (QED) is 0.767. The Morgan fingerprint density at radius 1 is 1.60 bits per heavy atom. The Morgan fingerprint density at radius 2 is 2.33 bits per heavy atom. The second kappa shape index (κ2) is 6.38. The molecule has 0 aromatic rings. The van der Waals surface area contributed by atoms with Crippen LogP contribution in [0.5, 0.6) is 0 Å². The number of likely N-dealkylation sites (N-methyl/N-ethyl adjacent to an activating group) is 1. The molecular formula is C11H22N2OS. The van der Waals surface area contributed by atoms with Gasteiger partial charge < -0.3 is 10.6 Å². The van der Waals surface area contributed by atoms with Crippen molar-refractivity contribution in [3.8, 4) is 0 Å². The zero-order valence-corrected chi connectivity index (χ0v) is 10.7.